The third-order valence-electron chi connectivity index (χ3n) is 6.58. The summed E-state index contributed by atoms with van der Waals surface area (Å²) < 4.78 is 5.52. The van der Waals surface area contributed by atoms with Gasteiger partial charge in [0.05, 0.1) is 5.92 Å². The van der Waals surface area contributed by atoms with Crippen molar-refractivity contribution in [2.45, 2.75) is 32.2 Å². The van der Waals surface area contributed by atoms with Crippen LogP contribution in [0, 0.1) is 11.8 Å². The lowest BCUT2D eigenvalue weighted by atomic mass is 9.87. The Bertz CT molecular complexity index is 991. The van der Waals surface area contributed by atoms with Crippen LogP contribution in [-0.4, -0.2) is 53.7 Å². The molecule has 1 heterocycles. The number of likely N-dealkylation sites (tertiary alicyclic amines) is 1. The van der Waals surface area contributed by atoms with Crippen molar-refractivity contribution in [3.63, 3.8) is 0 Å². The Morgan fingerprint density at radius 1 is 1.09 bits per heavy atom. The maximum Gasteiger partial charge on any atom is 0.407 e. The molecule has 0 aromatic heterocycles. The standard InChI is InChI=1S/C25H28N2O5/c1-15-13-27(12-11-17(15)24(29)30)23(28)16(2)26-25(31)32-14-22-20-9-5-3-7-18(20)19-8-4-6-10-21(19)22/h3-10,15-17,22H,11-14H2,1-2H3,(H,26,31)(H,29,30)/t15?,16-,17?/m0/s1. The van der Waals surface area contributed by atoms with Gasteiger partial charge < -0.3 is 20.1 Å². The van der Waals surface area contributed by atoms with Gasteiger partial charge in [0.1, 0.15) is 12.6 Å². The van der Waals surface area contributed by atoms with E-state index in [-0.39, 0.29) is 24.3 Å². The van der Waals surface area contributed by atoms with E-state index in [4.69, 9.17) is 4.74 Å². The number of carbonyl (C=O) groups is 3. The first-order valence-corrected chi connectivity index (χ1v) is 11.0. The highest BCUT2D eigenvalue weighted by Gasteiger charge is 2.35. The summed E-state index contributed by atoms with van der Waals surface area (Å²) in [5, 5.41) is 11.9. The Kier molecular flexibility index (Phi) is 6.17. The fourth-order valence-corrected chi connectivity index (χ4v) is 4.87. The summed E-state index contributed by atoms with van der Waals surface area (Å²) in [6.45, 7) is 4.38. The number of carbonyl (C=O) groups excluding carboxylic acids is 2. The zero-order valence-electron chi connectivity index (χ0n) is 18.3. The van der Waals surface area contributed by atoms with Gasteiger partial charge in [-0.1, -0.05) is 55.5 Å². The zero-order valence-corrected chi connectivity index (χ0v) is 18.3. The molecule has 4 rings (SSSR count). The highest BCUT2D eigenvalue weighted by atomic mass is 16.5. The van der Waals surface area contributed by atoms with Crippen molar-refractivity contribution in [2.24, 2.45) is 11.8 Å². The number of hydrogen-bond acceptors (Lipinski definition) is 4. The molecule has 2 aromatic carbocycles. The lowest BCUT2D eigenvalue weighted by Crippen LogP contribution is -2.52. The molecule has 2 aliphatic rings. The summed E-state index contributed by atoms with van der Waals surface area (Å²) in [5.41, 5.74) is 4.56. The average Bonchev–Trinajstić information content (AvgIpc) is 3.10. The number of ether oxygens (including phenoxy) is 1. The Balaban J connectivity index is 1.34. The molecule has 3 atom stereocenters. The molecule has 0 saturated carbocycles. The lowest BCUT2D eigenvalue weighted by Gasteiger charge is -2.36. The van der Waals surface area contributed by atoms with Crippen molar-refractivity contribution in [3.8, 4) is 11.1 Å². The highest BCUT2D eigenvalue weighted by molar-refractivity contribution is 5.86. The molecule has 168 valence electrons. The summed E-state index contributed by atoms with van der Waals surface area (Å²) in [6.07, 6.45) is -0.221. The molecule has 1 fully saturated rings. The number of benzene rings is 2. The zero-order chi connectivity index (χ0) is 22.8. The van der Waals surface area contributed by atoms with E-state index < -0.39 is 24.0 Å². The molecule has 2 N–H and O–H groups in total. The molecule has 0 bridgehead atoms. The Hall–Kier alpha value is -3.35. The van der Waals surface area contributed by atoms with Gasteiger partial charge in [0.2, 0.25) is 5.91 Å². The van der Waals surface area contributed by atoms with Crippen molar-refractivity contribution in [2.75, 3.05) is 19.7 Å². The van der Waals surface area contributed by atoms with E-state index in [1.165, 1.54) is 0 Å². The third kappa shape index (κ3) is 4.20. The van der Waals surface area contributed by atoms with Crippen LogP contribution in [0.4, 0.5) is 4.79 Å². The van der Waals surface area contributed by atoms with E-state index in [1.807, 2.05) is 31.2 Å². The van der Waals surface area contributed by atoms with Crippen LogP contribution in [0.15, 0.2) is 48.5 Å². The first kappa shape index (κ1) is 21.9. The van der Waals surface area contributed by atoms with E-state index in [0.717, 1.165) is 22.3 Å². The number of fused-ring (bicyclic) bond motifs is 3. The average molecular weight is 437 g/mol. The largest absolute Gasteiger partial charge is 0.481 e. The molecule has 7 nitrogen and oxygen atoms in total. The van der Waals surface area contributed by atoms with Crippen LogP contribution < -0.4 is 5.32 Å². The van der Waals surface area contributed by atoms with Crippen LogP contribution in [0.1, 0.15) is 37.3 Å². The van der Waals surface area contributed by atoms with E-state index in [1.54, 1.807) is 11.8 Å². The van der Waals surface area contributed by atoms with Crippen molar-refractivity contribution in [1.82, 2.24) is 10.2 Å². The molecule has 2 amide bonds. The van der Waals surface area contributed by atoms with Gasteiger partial charge in [0, 0.05) is 19.0 Å². The van der Waals surface area contributed by atoms with Gasteiger partial charge in [0.15, 0.2) is 0 Å². The van der Waals surface area contributed by atoms with Crippen molar-refractivity contribution >= 4 is 18.0 Å². The van der Waals surface area contributed by atoms with E-state index in [2.05, 4.69) is 29.6 Å². The first-order chi connectivity index (χ1) is 15.4. The van der Waals surface area contributed by atoms with Crippen LogP contribution in [-0.2, 0) is 14.3 Å². The first-order valence-electron chi connectivity index (χ1n) is 11.0. The molecule has 32 heavy (non-hydrogen) atoms. The fraction of sp³-hybridized carbons (Fsp3) is 0.400. The summed E-state index contributed by atoms with van der Waals surface area (Å²) in [6, 6.07) is 15.5. The van der Waals surface area contributed by atoms with Gasteiger partial charge in [0.25, 0.3) is 0 Å². The number of nitrogens with zero attached hydrogens (tertiary/aromatic N) is 1. The number of nitrogens with one attached hydrogen (secondary N) is 1. The van der Waals surface area contributed by atoms with Crippen molar-refractivity contribution < 1.29 is 24.2 Å². The lowest BCUT2D eigenvalue weighted by molar-refractivity contribution is -0.148. The molecular formula is C25H28N2O5. The number of piperidine rings is 1. The molecule has 0 radical (unpaired) electrons. The van der Waals surface area contributed by atoms with E-state index in [9.17, 15) is 19.5 Å². The van der Waals surface area contributed by atoms with Crippen LogP contribution in [0.2, 0.25) is 0 Å². The van der Waals surface area contributed by atoms with Gasteiger partial charge in [-0.05, 0) is 41.5 Å². The molecule has 0 spiro atoms. The molecule has 1 saturated heterocycles. The minimum atomic E-state index is -0.825. The normalized spacial score (nSPS) is 20.8. The predicted octanol–water partition coefficient (Wildman–Crippen LogP) is 3.48. The Labute approximate surface area is 187 Å². The molecule has 2 aromatic rings. The number of amides is 2. The molecule has 7 heteroatoms. The van der Waals surface area contributed by atoms with Gasteiger partial charge in [-0.25, -0.2) is 4.79 Å². The van der Waals surface area contributed by atoms with Gasteiger partial charge >= 0.3 is 12.1 Å². The molecule has 1 aliphatic carbocycles. The number of alkyl carbamates (subject to hydrolysis) is 1. The molecule has 1 aliphatic heterocycles. The highest BCUT2D eigenvalue weighted by Crippen LogP contribution is 2.44. The number of rotatable bonds is 5. The topological polar surface area (TPSA) is 95.9 Å². The van der Waals surface area contributed by atoms with Crippen molar-refractivity contribution in [3.05, 3.63) is 59.7 Å². The maximum atomic E-state index is 12.8. The second kappa shape index (κ2) is 9.02. The van der Waals surface area contributed by atoms with Crippen LogP contribution in [0.5, 0.6) is 0 Å². The SMILES string of the molecule is CC1CN(C(=O)[C@H](C)NC(=O)OCC2c3ccccc3-c3ccccc32)CCC1C(=O)O. The van der Waals surface area contributed by atoms with Gasteiger partial charge in [-0.15, -0.1) is 0 Å². The minimum absolute atomic E-state index is 0.0462. The number of hydrogen-bond donors (Lipinski definition) is 2. The summed E-state index contributed by atoms with van der Waals surface area (Å²) in [4.78, 5) is 38.1. The van der Waals surface area contributed by atoms with Crippen LogP contribution >= 0.6 is 0 Å². The molecule has 2 unspecified atom stereocenters. The predicted molar refractivity (Wildman–Crippen MR) is 119 cm³/mol. The summed E-state index contributed by atoms with van der Waals surface area (Å²) >= 11 is 0. The van der Waals surface area contributed by atoms with E-state index in [0.29, 0.717) is 19.5 Å². The molecular weight excluding hydrogens is 408 g/mol. The number of carboxylic acid groups (broad SMARTS) is 1. The minimum Gasteiger partial charge on any atom is -0.481 e. The quantitative estimate of drug-likeness (QED) is 0.748. The van der Waals surface area contributed by atoms with Crippen LogP contribution in [0.3, 0.4) is 0 Å². The van der Waals surface area contributed by atoms with E-state index >= 15 is 0 Å². The second-order valence-electron chi connectivity index (χ2n) is 8.69. The van der Waals surface area contributed by atoms with Gasteiger partial charge in [-0.3, -0.25) is 9.59 Å². The van der Waals surface area contributed by atoms with Gasteiger partial charge in [-0.2, -0.15) is 0 Å². The Morgan fingerprint density at radius 3 is 2.25 bits per heavy atom. The van der Waals surface area contributed by atoms with Crippen LogP contribution in [0.25, 0.3) is 11.1 Å². The maximum absolute atomic E-state index is 12.8. The Morgan fingerprint density at radius 2 is 1.69 bits per heavy atom. The fourth-order valence-electron chi connectivity index (χ4n) is 4.87. The summed E-state index contributed by atoms with van der Waals surface area (Å²) in [7, 11) is 0. The third-order valence-corrected chi connectivity index (χ3v) is 6.58. The van der Waals surface area contributed by atoms with Crippen molar-refractivity contribution in [1.29, 1.82) is 0 Å². The number of aliphatic carboxylic acids is 1. The second-order valence-corrected chi connectivity index (χ2v) is 8.69. The summed E-state index contributed by atoms with van der Waals surface area (Å²) in [5.74, 6) is -1.67. The monoisotopic (exact) mass is 436 g/mol. The number of carboxylic acids is 1. The smallest absolute Gasteiger partial charge is 0.407 e.